The van der Waals surface area contributed by atoms with Crippen LogP contribution in [0.15, 0.2) is 28.8 Å². The van der Waals surface area contributed by atoms with E-state index in [0.29, 0.717) is 11.8 Å². The highest BCUT2D eigenvalue weighted by Gasteiger charge is 2.61. The molecule has 2 aromatic carbocycles. The minimum Gasteiger partial charge on any atom is -0.507 e. The minimum absolute atomic E-state index is 0.00545. The van der Waals surface area contributed by atoms with E-state index in [1.165, 1.54) is 19.2 Å². The van der Waals surface area contributed by atoms with E-state index in [4.69, 9.17) is 4.74 Å². The van der Waals surface area contributed by atoms with Crippen molar-refractivity contribution in [1.29, 1.82) is 0 Å². The highest BCUT2D eigenvalue weighted by molar-refractivity contribution is 6.37. The number of aromatic amines is 1. The predicted molar refractivity (Wildman–Crippen MR) is 123 cm³/mol. The third-order valence-corrected chi connectivity index (χ3v) is 7.46. The molecule has 0 bridgehead atoms. The fourth-order valence-electron chi connectivity index (χ4n) is 5.89. The number of carbonyl (C=O) groups is 4. The smallest absolute Gasteiger partial charge is 0.260 e. The van der Waals surface area contributed by atoms with Gasteiger partial charge in [-0.1, -0.05) is 6.07 Å². The molecule has 0 radical (unpaired) electrons. The quantitative estimate of drug-likeness (QED) is 0.240. The third-order valence-electron chi connectivity index (χ3n) is 7.46. The third kappa shape index (κ3) is 2.37. The number of methoxy groups -OCH3 is 1. The molecule has 10 heteroatoms. The van der Waals surface area contributed by atoms with Crippen LogP contribution >= 0.6 is 0 Å². The molecule has 6 rings (SSSR count). The molecule has 1 heterocycles. The number of aromatic nitrogens is 1. The summed E-state index contributed by atoms with van der Waals surface area (Å²) in [6, 6.07) is 2.91. The molecule has 3 aliphatic carbocycles. The van der Waals surface area contributed by atoms with Gasteiger partial charge in [0.2, 0.25) is 0 Å². The predicted octanol–water partition coefficient (Wildman–Crippen LogP) is 1.99. The molecule has 0 fully saturated rings. The molecule has 180 valence electrons. The number of fused-ring (bicyclic) bond motifs is 5. The van der Waals surface area contributed by atoms with Gasteiger partial charge in [0.1, 0.15) is 28.4 Å². The van der Waals surface area contributed by atoms with Crippen LogP contribution in [-0.4, -0.2) is 51.0 Å². The summed E-state index contributed by atoms with van der Waals surface area (Å²) in [5, 5.41) is 33.3. The topological polar surface area (TPSA) is 171 Å². The maximum atomic E-state index is 13.9. The van der Waals surface area contributed by atoms with Crippen LogP contribution in [0, 0.1) is 0 Å². The minimum atomic E-state index is -1.99. The molecule has 0 saturated heterocycles. The summed E-state index contributed by atoms with van der Waals surface area (Å²) in [4.78, 5) is 66.6. The molecule has 3 aromatic rings. The number of aromatic hydroxyl groups is 3. The number of phenolic OH excluding ortho intramolecular Hbond substituents is 3. The van der Waals surface area contributed by atoms with Gasteiger partial charge in [-0.2, -0.15) is 0 Å². The fourth-order valence-corrected chi connectivity index (χ4v) is 5.89. The van der Waals surface area contributed by atoms with Gasteiger partial charge in [0, 0.05) is 23.6 Å². The van der Waals surface area contributed by atoms with Crippen LogP contribution in [0.1, 0.15) is 64.7 Å². The molecule has 1 aromatic heterocycles. The number of Topliss-reactive ketones (excluding diaryl/α,β-unsaturated/α-hetero) is 2. The van der Waals surface area contributed by atoms with Gasteiger partial charge in [-0.25, -0.2) is 0 Å². The van der Waals surface area contributed by atoms with Crippen molar-refractivity contribution in [1.82, 2.24) is 4.98 Å². The van der Waals surface area contributed by atoms with Crippen molar-refractivity contribution in [2.24, 2.45) is 0 Å². The lowest BCUT2D eigenvalue weighted by atomic mass is 9.76. The largest absolute Gasteiger partial charge is 0.507 e. The number of phenols is 3. The zero-order valence-electron chi connectivity index (χ0n) is 18.7. The number of allylic oxidation sites excluding steroid dienone is 2. The molecular formula is C26H17NO9. The Kier molecular flexibility index (Phi) is 4.18. The van der Waals surface area contributed by atoms with Crippen molar-refractivity contribution in [3.05, 3.63) is 73.4 Å². The average Bonchev–Trinajstić information content (AvgIpc) is 3.34. The van der Waals surface area contributed by atoms with Crippen LogP contribution in [0.25, 0.3) is 10.8 Å². The summed E-state index contributed by atoms with van der Waals surface area (Å²) >= 11 is 0. The molecule has 4 N–H and O–H groups in total. The number of aldehydes is 1. The Morgan fingerprint density at radius 2 is 1.67 bits per heavy atom. The van der Waals surface area contributed by atoms with E-state index in [-0.39, 0.29) is 58.2 Å². The zero-order valence-corrected chi connectivity index (χ0v) is 18.7. The summed E-state index contributed by atoms with van der Waals surface area (Å²) in [7, 11) is 1.33. The van der Waals surface area contributed by atoms with E-state index in [1.54, 1.807) is 0 Å². The van der Waals surface area contributed by atoms with Gasteiger partial charge in [0.15, 0.2) is 23.6 Å². The maximum absolute atomic E-state index is 13.9. The first-order chi connectivity index (χ1) is 17.1. The Morgan fingerprint density at radius 1 is 0.972 bits per heavy atom. The lowest BCUT2D eigenvalue weighted by Gasteiger charge is -2.22. The number of aryl methyl sites for hydroxylation is 1. The van der Waals surface area contributed by atoms with Gasteiger partial charge in [-0.05, 0) is 29.9 Å². The molecule has 36 heavy (non-hydrogen) atoms. The van der Waals surface area contributed by atoms with E-state index in [2.05, 4.69) is 4.98 Å². The lowest BCUT2D eigenvalue weighted by Crippen LogP contribution is -2.36. The summed E-state index contributed by atoms with van der Waals surface area (Å²) in [5.74, 6) is -4.11. The fraction of sp³-hybridized carbons (Fsp3) is 0.192. The molecule has 0 amide bonds. The van der Waals surface area contributed by atoms with Crippen molar-refractivity contribution in [2.45, 2.75) is 24.7 Å². The Hall–Kier alpha value is -4.73. The average molecular weight is 487 g/mol. The SMILES string of the molecule is COC1=CC(=O)c2c(O)c3c(c(O)c2C1)C(=O)C1(CCc2cc4cc(C=O)[nH]c(=O)c4c(O)c21)C3=O. The number of rotatable bonds is 2. The lowest BCUT2D eigenvalue weighted by molar-refractivity contribution is 0.0790. The Bertz CT molecular complexity index is 1730. The monoisotopic (exact) mass is 487 g/mol. The van der Waals surface area contributed by atoms with E-state index in [1.807, 2.05) is 0 Å². The van der Waals surface area contributed by atoms with Crippen molar-refractivity contribution >= 4 is 34.4 Å². The van der Waals surface area contributed by atoms with Gasteiger partial charge in [0.05, 0.1) is 34.9 Å². The van der Waals surface area contributed by atoms with E-state index < -0.39 is 56.7 Å². The molecule has 3 aliphatic rings. The zero-order chi connectivity index (χ0) is 25.7. The second-order valence-corrected chi connectivity index (χ2v) is 9.12. The van der Waals surface area contributed by atoms with Gasteiger partial charge >= 0.3 is 0 Å². The van der Waals surface area contributed by atoms with Crippen LogP contribution in [0.2, 0.25) is 0 Å². The highest BCUT2D eigenvalue weighted by Crippen LogP contribution is 2.57. The number of H-pyrrole nitrogens is 1. The summed E-state index contributed by atoms with van der Waals surface area (Å²) in [6.07, 6.45) is 1.58. The summed E-state index contributed by atoms with van der Waals surface area (Å²) < 4.78 is 5.11. The highest BCUT2D eigenvalue weighted by atomic mass is 16.5. The number of nitrogens with one attached hydrogen (secondary N) is 1. The van der Waals surface area contributed by atoms with Crippen LogP contribution in [0.4, 0.5) is 0 Å². The number of pyridine rings is 1. The molecule has 1 spiro atoms. The second-order valence-electron chi connectivity index (χ2n) is 9.12. The molecule has 10 nitrogen and oxygen atoms in total. The first-order valence-corrected chi connectivity index (χ1v) is 11.0. The van der Waals surface area contributed by atoms with E-state index in [0.717, 1.165) is 6.08 Å². The van der Waals surface area contributed by atoms with Crippen molar-refractivity contribution in [3.63, 3.8) is 0 Å². The Labute approximate surface area is 201 Å². The number of hydrogen-bond donors (Lipinski definition) is 4. The van der Waals surface area contributed by atoms with Crippen molar-refractivity contribution < 1.29 is 39.2 Å². The Balaban J connectivity index is 1.64. The van der Waals surface area contributed by atoms with Gasteiger partial charge in [0.25, 0.3) is 5.56 Å². The number of hydrogen-bond acceptors (Lipinski definition) is 9. The number of ether oxygens (including phenoxy) is 1. The maximum Gasteiger partial charge on any atom is 0.260 e. The number of benzene rings is 2. The van der Waals surface area contributed by atoms with Crippen LogP contribution in [0.3, 0.4) is 0 Å². The summed E-state index contributed by atoms with van der Waals surface area (Å²) in [6.45, 7) is 0. The van der Waals surface area contributed by atoms with Crippen LogP contribution < -0.4 is 5.56 Å². The van der Waals surface area contributed by atoms with E-state index >= 15 is 0 Å². The van der Waals surface area contributed by atoms with Gasteiger partial charge in [-0.15, -0.1) is 0 Å². The number of carbonyl (C=O) groups excluding carboxylic acids is 4. The molecule has 1 atom stereocenters. The normalized spacial score (nSPS) is 19.9. The molecular weight excluding hydrogens is 470 g/mol. The molecule has 0 saturated carbocycles. The van der Waals surface area contributed by atoms with Crippen LogP contribution in [-0.2, 0) is 23.0 Å². The molecule has 0 aliphatic heterocycles. The van der Waals surface area contributed by atoms with Crippen LogP contribution in [0.5, 0.6) is 17.2 Å². The van der Waals surface area contributed by atoms with Gasteiger partial charge < -0.3 is 25.0 Å². The van der Waals surface area contributed by atoms with Gasteiger partial charge in [-0.3, -0.25) is 24.0 Å². The first-order valence-electron chi connectivity index (χ1n) is 11.0. The Morgan fingerprint density at radius 3 is 2.33 bits per heavy atom. The number of ketones is 3. The summed E-state index contributed by atoms with van der Waals surface area (Å²) in [5.41, 5.74) is -3.69. The van der Waals surface area contributed by atoms with Crippen molar-refractivity contribution in [3.8, 4) is 17.2 Å². The van der Waals surface area contributed by atoms with E-state index in [9.17, 15) is 39.3 Å². The van der Waals surface area contributed by atoms with Crippen molar-refractivity contribution in [2.75, 3.05) is 7.11 Å². The first kappa shape index (κ1) is 21.8. The standard InChI is InChI=1S/C26H17NO9/c1-36-12-6-13-16(14(29)7-12)21(31)18-17(20(13)30)23(33)26(24(18)34)3-2-9-4-10-5-11(8-28)27-25(35)15(10)22(32)19(9)26/h4-5,7-8,30-32H,2-3,6H2,1H3,(H,27,35). The molecule has 1 unspecified atom stereocenters. The second kappa shape index (κ2) is 6.91.